The number of aliphatic hydroxyl groups excluding tert-OH is 1. The molecule has 1 unspecified atom stereocenters. The SMILES string of the molecule is Cc1ccc(C(O)c2c(Br)cnn2C)cc1Br. The van der Waals surface area contributed by atoms with E-state index in [1.165, 1.54) is 0 Å². The van der Waals surface area contributed by atoms with Crippen LogP contribution in [0.2, 0.25) is 0 Å². The normalized spacial score (nSPS) is 12.8. The minimum Gasteiger partial charge on any atom is -0.382 e. The molecule has 5 heteroatoms. The smallest absolute Gasteiger partial charge is 0.122 e. The molecule has 1 aromatic heterocycles. The summed E-state index contributed by atoms with van der Waals surface area (Å²) in [6.07, 6.45) is 0.996. The second-order valence-corrected chi connectivity index (χ2v) is 5.62. The summed E-state index contributed by atoms with van der Waals surface area (Å²) in [7, 11) is 1.81. The molecule has 0 saturated heterocycles. The van der Waals surface area contributed by atoms with E-state index in [1.807, 2.05) is 32.2 Å². The Balaban J connectivity index is 2.43. The first-order chi connectivity index (χ1) is 8.00. The van der Waals surface area contributed by atoms with Crippen LogP contribution in [-0.4, -0.2) is 14.9 Å². The molecule has 0 saturated carbocycles. The molecule has 0 aliphatic heterocycles. The molecular formula is C12H12Br2N2O. The summed E-state index contributed by atoms with van der Waals surface area (Å²) in [5, 5.41) is 14.4. The van der Waals surface area contributed by atoms with Gasteiger partial charge in [-0.2, -0.15) is 5.10 Å². The molecule has 2 aromatic rings. The summed E-state index contributed by atoms with van der Waals surface area (Å²) in [5.41, 5.74) is 2.73. The summed E-state index contributed by atoms with van der Waals surface area (Å²) in [5.74, 6) is 0. The largest absolute Gasteiger partial charge is 0.382 e. The van der Waals surface area contributed by atoms with Gasteiger partial charge >= 0.3 is 0 Å². The molecule has 1 N–H and O–H groups in total. The summed E-state index contributed by atoms with van der Waals surface area (Å²) < 4.78 is 3.47. The average Bonchev–Trinajstić information content (AvgIpc) is 2.62. The Hall–Kier alpha value is -0.650. The third-order valence-corrected chi connectivity index (χ3v) is 4.17. The van der Waals surface area contributed by atoms with Crippen molar-refractivity contribution in [1.29, 1.82) is 0 Å². The van der Waals surface area contributed by atoms with Crippen LogP contribution < -0.4 is 0 Å². The van der Waals surface area contributed by atoms with Gasteiger partial charge in [0.2, 0.25) is 0 Å². The van der Waals surface area contributed by atoms with Gasteiger partial charge in [0.15, 0.2) is 0 Å². The van der Waals surface area contributed by atoms with Crippen molar-refractivity contribution >= 4 is 31.9 Å². The number of aryl methyl sites for hydroxylation is 2. The lowest BCUT2D eigenvalue weighted by molar-refractivity contribution is 0.209. The summed E-state index contributed by atoms with van der Waals surface area (Å²) in [6, 6.07) is 5.83. The van der Waals surface area contributed by atoms with E-state index in [0.717, 1.165) is 25.8 Å². The van der Waals surface area contributed by atoms with Crippen molar-refractivity contribution in [3.63, 3.8) is 0 Å². The number of nitrogens with zero attached hydrogens (tertiary/aromatic N) is 2. The lowest BCUT2D eigenvalue weighted by Crippen LogP contribution is -2.07. The highest BCUT2D eigenvalue weighted by atomic mass is 79.9. The minimum absolute atomic E-state index is 0.686. The van der Waals surface area contributed by atoms with Gasteiger partial charge in [-0.05, 0) is 40.0 Å². The monoisotopic (exact) mass is 358 g/mol. The van der Waals surface area contributed by atoms with Gasteiger partial charge in [0, 0.05) is 11.5 Å². The Morgan fingerprint density at radius 3 is 2.53 bits per heavy atom. The zero-order chi connectivity index (χ0) is 12.6. The first kappa shape index (κ1) is 12.8. The fourth-order valence-corrected chi connectivity index (χ4v) is 2.63. The predicted octanol–water partition coefficient (Wildman–Crippen LogP) is 3.34. The van der Waals surface area contributed by atoms with Crippen molar-refractivity contribution in [2.45, 2.75) is 13.0 Å². The van der Waals surface area contributed by atoms with Gasteiger partial charge in [-0.25, -0.2) is 0 Å². The molecule has 0 bridgehead atoms. The molecule has 2 rings (SSSR count). The molecule has 1 heterocycles. The van der Waals surface area contributed by atoms with Crippen LogP contribution in [0.15, 0.2) is 33.3 Å². The van der Waals surface area contributed by atoms with E-state index in [0.29, 0.717) is 0 Å². The van der Waals surface area contributed by atoms with Gasteiger partial charge in [0.05, 0.1) is 16.4 Å². The van der Waals surface area contributed by atoms with E-state index in [2.05, 4.69) is 37.0 Å². The Kier molecular flexibility index (Phi) is 3.70. The van der Waals surface area contributed by atoms with Crippen molar-refractivity contribution in [2.24, 2.45) is 7.05 Å². The van der Waals surface area contributed by atoms with E-state index in [9.17, 15) is 5.11 Å². The Labute approximate surface area is 117 Å². The molecule has 0 radical (unpaired) electrons. The van der Waals surface area contributed by atoms with Crippen LogP contribution in [0, 0.1) is 6.92 Å². The van der Waals surface area contributed by atoms with Crippen molar-refractivity contribution in [1.82, 2.24) is 9.78 Å². The highest BCUT2D eigenvalue weighted by Gasteiger charge is 2.18. The van der Waals surface area contributed by atoms with Crippen molar-refractivity contribution in [2.75, 3.05) is 0 Å². The van der Waals surface area contributed by atoms with Crippen molar-refractivity contribution in [3.05, 3.63) is 50.2 Å². The first-order valence-electron chi connectivity index (χ1n) is 5.12. The lowest BCUT2D eigenvalue weighted by atomic mass is 10.1. The standard InChI is InChI=1S/C12H12Br2N2O/c1-7-3-4-8(5-9(7)13)12(17)11-10(14)6-15-16(11)2/h3-6,12,17H,1-2H3. The Bertz CT molecular complexity index is 532. The van der Waals surface area contributed by atoms with Crippen molar-refractivity contribution < 1.29 is 5.11 Å². The fraction of sp³-hybridized carbons (Fsp3) is 0.250. The number of halogens is 2. The fourth-order valence-electron chi connectivity index (χ4n) is 1.66. The minimum atomic E-state index is -0.686. The molecule has 3 nitrogen and oxygen atoms in total. The van der Waals surface area contributed by atoms with Crippen LogP contribution >= 0.6 is 31.9 Å². The summed E-state index contributed by atoms with van der Waals surface area (Å²) in [4.78, 5) is 0. The third kappa shape index (κ3) is 2.46. The molecule has 0 aliphatic rings. The van der Waals surface area contributed by atoms with Gasteiger partial charge in [-0.15, -0.1) is 0 Å². The molecule has 17 heavy (non-hydrogen) atoms. The molecule has 1 aromatic carbocycles. The number of hydrogen-bond donors (Lipinski definition) is 1. The number of aromatic nitrogens is 2. The van der Waals surface area contributed by atoms with Crippen molar-refractivity contribution in [3.8, 4) is 0 Å². The molecule has 0 aliphatic carbocycles. The average molecular weight is 360 g/mol. The van der Waals surface area contributed by atoms with E-state index < -0.39 is 6.10 Å². The van der Waals surface area contributed by atoms with Crippen LogP contribution in [-0.2, 0) is 7.05 Å². The van der Waals surface area contributed by atoms with E-state index >= 15 is 0 Å². The molecular weight excluding hydrogens is 348 g/mol. The maximum Gasteiger partial charge on any atom is 0.122 e. The highest BCUT2D eigenvalue weighted by Crippen LogP contribution is 2.30. The van der Waals surface area contributed by atoms with Crippen LogP contribution in [0.1, 0.15) is 22.9 Å². The van der Waals surface area contributed by atoms with E-state index in [4.69, 9.17) is 0 Å². The van der Waals surface area contributed by atoms with Crippen LogP contribution in [0.4, 0.5) is 0 Å². The first-order valence-corrected chi connectivity index (χ1v) is 6.71. The molecule has 0 spiro atoms. The number of rotatable bonds is 2. The number of hydrogen-bond acceptors (Lipinski definition) is 2. The van der Waals surface area contributed by atoms with Gasteiger partial charge in [0.25, 0.3) is 0 Å². The van der Waals surface area contributed by atoms with Crippen LogP contribution in [0.25, 0.3) is 0 Å². The van der Waals surface area contributed by atoms with Gasteiger partial charge < -0.3 is 5.11 Å². The number of benzene rings is 1. The van der Waals surface area contributed by atoms with Crippen LogP contribution in [0.5, 0.6) is 0 Å². The molecule has 0 amide bonds. The summed E-state index contributed by atoms with van der Waals surface area (Å²) in [6.45, 7) is 2.01. The number of aliphatic hydroxyl groups is 1. The Morgan fingerprint density at radius 2 is 2.00 bits per heavy atom. The predicted molar refractivity (Wildman–Crippen MR) is 73.8 cm³/mol. The maximum absolute atomic E-state index is 10.3. The lowest BCUT2D eigenvalue weighted by Gasteiger charge is -2.13. The quantitative estimate of drug-likeness (QED) is 0.892. The van der Waals surface area contributed by atoms with Gasteiger partial charge in [-0.3, -0.25) is 4.68 Å². The highest BCUT2D eigenvalue weighted by molar-refractivity contribution is 9.10. The zero-order valence-electron chi connectivity index (χ0n) is 9.48. The molecule has 1 atom stereocenters. The van der Waals surface area contributed by atoms with Gasteiger partial charge in [-0.1, -0.05) is 28.1 Å². The third-order valence-electron chi connectivity index (χ3n) is 2.71. The second-order valence-electron chi connectivity index (χ2n) is 3.91. The molecule has 0 fully saturated rings. The van der Waals surface area contributed by atoms with Gasteiger partial charge in [0.1, 0.15) is 6.10 Å². The van der Waals surface area contributed by atoms with E-state index in [-0.39, 0.29) is 0 Å². The Morgan fingerprint density at radius 1 is 1.29 bits per heavy atom. The summed E-state index contributed by atoms with van der Waals surface area (Å²) >= 11 is 6.86. The zero-order valence-corrected chi connectivity index (χ0v) is 12.7. The second kappa shape index (κ2) is 4.92. The maximum atomic E-state index is 10.3. The molecule has 90 valence electrons. The van der Waals surface area contributed by atoms with E-state index in [1.54, 1.807) is 10.9 Å². The topological polar surface area (TPSA) is 38.1 Å². The van der Waals surface area contributed by atoms with Crippen LogP contribution in [0.3, 0.4) is 0 Å².